The summed E-state index contributed by atoms with van der Waals surface area (Å²) >= 11 is 0. The van der Waals surface area contributed by atoms with Crippen molar-refractivity contribution >= 4 is 0 Å². The zero-order chi connectivity index (χ0) is 20.9. The molecule has 0 spiro atoms. The van der Waals surface area contributed by atoms with Crippen molar-refractivity contribution in [3.8, 4) is 17.2 Å². The Kier molecular flexibility index (Phi) is 2.95. The maximum absolute atomic E-state index is 13.4. The lowest BCUT2D eigenvalue weighted by atomic mass is 9.81. The van der Waals surface area contributed by atoms with Gasteiger partial charge < -0.3 is 19.5 Å². The summed E-state index contributed by atoms with van der Waals surface area (Å²) in [5.74, 6) is -1.79. The van der Waals surface area contributed by atoms with Crippen LogP contribution in [0.15, 0.2) is 42.5 Å². The van der Waals surface area contributed by atoms with Crippen molar-refractivity contribution in [2.45, 2.75) is 12.3 Å². The van der Waals surface area contributed by atoms with E-state index >= 15 is 0 Å². The van der Waals surface area contributed by atoms with Crippen LogP contribution in [0.1, 0.15) is 24.7 Å². The van der Waals surface area contributed by atoms with Gasteiger partial charge in [-0.05, 0) is 48.6 Å². The second-order valence-corrected chi connectivity index (χ2v) is 5.63. The largest absolute Gasteiger partial charge is 0.493 e. The Morgan fingerprint density at radius 3 is 2.92 bits per heavy atom. The highest BCUT2D eigenvalue weighted by Crippen LogP contribution is 2.36. The topological polar surface area (TPSA) is 39.7 Å². The number of halogens is 1. The molecule has 5 heteroatoms. The molecule has 0 radical (unpaired) electrons. The van der Waals surface area contributed by atoms with E-state index in [9.17, 15) is 4.39 Å². The van der Waals surface area contributed by atoms with Crippen molar-refractivity contribution < 1.29 is 25.5 Å². The highest BCUT2D eigenvalue weighted by Gasteiger charge is 2.27. The van der Waals surface area contributed by atoms with Gasteiger partial charge in [-0.3, -0.25) is 0 Å². The quantitative estimate of drug-likeness (QED) is 0.931. The third-order valence-electron chi connectivity index (χ3n) is 4.03. The molecule has 2 aromatic rings. The molecule has 1 unspecified atom stereocenters. The number of piperidine rings is 1. The number of hydrogen-bond acceptors (Lipinski definition) is 4. The molecule has 1 fully saturated rings. The van der Waals surface area contributed by atoms with E-state index in [0.717, 1.165) is 0 Å². The molecule has 24 heavy (non-hydrogen) atoms. The van der Waals surface area contributed by atoms with Crippen molar-refractivity contribution in [2.75, 3.05) is 26.4 Å². The summed E-state index contributed by atoms with van der Waals surface area (Å²) in [5.41, 5.74) is 0.387. The Morgan fingerprint density at radius 1 is 1.21 bits per heavy atom. The molecule has 1 saturated heterocycles. The van der Waals surface area contributed by atoms with Crippen LogP contribution >= 0.6 is 0 Å². The van der Waals surface area contributed by atoms with Gasteiger partial charge in [-0.25, -0.2) is 4.39 Å². The predicted molar refractivity (Wildman–Crippen MR) is 88.2 cm³/mol. The van der Waals surface area contributed by atoms with Crippen LogP contribution in [-0.4, -0.2) is 26.4 Å². The molecule has 0 aliphatic carbocycles. The van der Waals surface area contributed by atoms with Crippen LogP contribution in [0.4, 0.5) is 4.39 Å². The first kappa shape index (κ1) is 10.6. The van der Waals surface area contributed by atoms with Gasteiger partial charge in [-0.2, -0.15) is 0 Å². The van der Waals surface area contributed by atoms with Crippen molar-refractivity contribution in [3.05, 3.63) is 53.8 Å². The van der Waals surface area contributed by atoms with E-state index in [0.29, 0.717) is 17.9 Å². The van der Waals surface area contributed by atoms with E-state index < -0.39 is 30.7 Å². The van der Waals surface area contributed by atoms with Crippen LogP contribution in [0, 0.1) is 11.7 Å². The number of nitrogens with one attached hydrogen (secondary N) is 1. The van der Waals surface area contributed by atoms with E-state index in [2.05, 4.69) is 5.32 Å². The molecule has 0 saturated carbocycles. The van der Waals surface area contributed by atoms with Crippen molar-refractivity contribution in [2.24, 2.45) is 5.92 Å². The van der Waals surface area contributed by atoms with Crippen LogP contribution in [0.5, 0.6) is 17.2 Å². The molecular weight excluding hydrogens is 309 g/mol. The predicted octanol–water partition coefficient (Wildman–Crippen LogP) is 3.33. The summed E-state index contributed by atoms with van der Waals surface area (Å²) in [7, 11) is 0. The second kappa shape index (κ2) is 6.69. The van der Waals surface area contributed by atoms with Crippen molar-refractivity contribution in [1.82, 2.24) is 5.32 Å². The monoisotopic (exact) mass is 334 g/mol. The average Bonchev–Trinajstić information content (AvgIpc) is 2.96. The summed E-state index contributed by atoms with van der Waals surface area (Å²) < 4.78 is 70.1. The van der Waals surface area contributed by atoms with Gasteiger partial charge in [0, 0.05) is 22.6 Å². The first-order valence-electron chi connectivity index (χ1n) is 10.2. The lowest BCUT2D eigenvalue weighted by molar-refractivity contribution is 0.173. The fourth-order valence-electron chi connectivity index (χ4n) is 2.81. The van der Waals surface area contributed by atoms with Gasteiger partial charge in [-0.1, -0.05) is 12.1 Å². The number of ether oxygens (including phenoxy) is 3. The Balaban J connectivity index is 1.56. The van der Waals surface area contributed by atoms with Gasteiger partial charge in [0.2, 0.25) is 6.75 Å². The van der Waals surface area contributed by atoms with Crippen LogP contribution in [-0.2, 0) is 0 Å². The normalized spacial score (nSPS) is 32.7. The summed E-state index contributed by atoms with van der Waals surface area (Å²) in [6, 6.07) is 9.97. The second-order valence-electron chi connectivity index (χ2n) is 5.63. The molecule has 0 bridgehead atoms. The standard InChI is InChI=1S/C19H20FNO3/c20-15-3-1-13(2-4-15)17-7-8-21-10-14(17)11-22-16-5-6-18-19(9-16)24-12-23-18/h1-6,9,14,17,21H,7-8,10-12H2/t14?,17-/m0/s1/i7D2,12D2,17D. The van der Waals surface area contributed by atoms with Gasteiger partial charge >= 0.3 is 0 Å². The maximum Gasteiger partial charge on any atom is 0.231 e. The summed E-state index contributed by atoms with van der Waals surface area (Å²) in [6.07, 6.45) is -1.90. The van der Waals surface area contributed by atoms with Gasteiger partial charge in [0.25, 0.3) is 0 Å². The van der Waals surface area contributed by atoms with E-state index in [4.69, 9.17) is 21.1 Å². The Morgan fingerprint density at radius 2 is 2.04 bits per heavy atom. The molecule has 4 rings (SSSR count). The number of hydrogen-bond donors (Lipinski definition) is 1. The van der Waals surface area contributed by atoms with Gasteiger partial charge in [-0.15, -0.1) is 0 Å². The van der Waals surface area contributed by atoms with Crippen molar-refractivity contribution in [1.29, 1.82) is 0 Å². The van der Waals surface area contributed by atoms with Crippen molar-refractivity contribution in [3.63, 3.8) is 0 Å². The summed E-state index contributed by atoms with van der Waals surface area (Å²) in [6.45, 7) is -1.85. The average molecular weight is 334 g/mol. The van der Waals surface area contributed by atoms with E-state index in [1.807, 2.05) is 0 Å². The van der Waals surface area contributed by atoms with E-state index in [-0.39, 0.29) is 24.7 Å². The number of rotatable bonds is 4. The molecular formula is C19H20FNO3. The molecule has 4 nitrogen and oxygen atoms in total. The Labute approximate surface area is 147 Å². The molecule has 0 aromatic heterocycles. The van der Waals surface area contributed by atoms with Crippen LogP contribution in [0.3, 0.4) is 0 Å². The zero-order valence-corrected chi connectivity index (χ0v) is 12.8. The van der Waals surface area contributed by atoms with Gasteiger partial charge in [0.1, 0.15) is 14.3 Å². The SMILES string of the molecule is [2H]C1([2H])Oc2ccc(OCC3CNCC([2H])([2H])[C@@]3([2H])c3ccc(F)cc3)cc2O1. The highest BCUT2D eigenvalue weighted by atomic mass is 19.1. The first-order chi connectivity index (χ1) is 13.6. The summed E-state index contributed by atoms with van der Waals surface area (Å²) in [4.78, 5) is 0. The fourth-order valence-corrected chi connectivity index (χ4v) is 2.81. The lowest BCUT2D eigenvalue weighted by Gasteiger charge is -2.32. The van der Waals surface area contributed by atoms with Crippen LogP contribution < -0.4 is 19.5 Å². The smallest absolute Gasteiger partial charge is 0.231 e. The molecule has 0 amide bonds. The fraction of sp³-hybridized carbons (Fsp3) is 0.368. The van der Waals surface area contributed by atoms with E-state index in [1.54, 1.807) is 6.07 Å². The Hall–Kier alpha value is -2.27. The molecule has 2 atom stereocenters. The highest BCUT2D eigenvalue weighted by molar-refractivity contribution is 5.46. The van der Waals surface area contributed by atoms with Crippen LogP contribution in [0.2, 0.25) is 0 Å². The zero-order valence-electron chi connectivity index (χ0n) is 17.8. The number of benzene rings is 2. The molecule has 2 aromatic carbocycles. The minimum Gasteiger partial charge on any atom is -0.493 e. The summed E-state index contributed by atoms with van der Waals surface area (Å²) in [5, 5.41) is 3.01. The van der Waals surface area contributed by atoms with Crippen LogP contribution in [0.25, 0.3) is 0 Å². The molecule has 2 heterocycles. The molecule has 2 aliphatic heterocycles. The maximum atomic E-state index is 13.4. The Bertz CT molecular complexity index is 911. The molecule has 2 aliphatic rings. The van der Waals surface area contributed by atoms with Gasteiger partial charge in [0.05, 0.1) is 6.61 Å². The lowest BCUT2D eigenvalue weighted by Crippen LogP contribution is -2.38. The first-order valence-corrected chi connectivity index (χ1v) is 7.72. The number of fused-ring (bicyclic) bond motifs is 1. The minimum atomic E-state index is -2.23. The van der Waals surface area contributed by atoms with Gasteiger partial charge in [0.15, 0.2) is 11.5 Å². The third-order valence-corrected chi connectivity index (χ3v) is 4.03. The molecule has 1 N–H and O–H groups in total. The third kappa shape index (κ3) is 3.17. The molecule has 126 valence electrons. The van der Waals surface area contributed by atoms with E-state index in [1.165, 1.54) is 36.4 Å². The minimum absolute atomic E-state index is 0.00346.